The van der Waals surface area contributed by atoms with E-state index >= 15 is 0 Å². The molecule has 0 radical (unpaired) electrons. The minimum absolute atomic E-state index is 0.0487. The van der Waals surface area contributed by atoms with Gasteiger partial charge in [0.15, 0.2) is 16.3 Å². The number of carbonyl (C=O) groups excluding carboxylic acids is 2. The highest BCUT2D eigenvalue weighted by molar-refractivity contribution is 7.07. The number of rotatable bonds is 9. The fourth-order valence-corrected chi connectivity index (χ4v) is 5.72. The number of fused-ring (bicyclic) bond motifs is 1. The number of non-ortho nitro benzene ring substituents is 1. The van der Waals surface area contributed by atoms with Crippen LogP contribution in [0, 0.1) is 10.1 Å². The van der Waals surface area contributed by atoms with Crippen LogP contribution in [-0.4, -0.2) is 35.1 Å². The van der Waals surface area contributed by atoms with Crippen LogP contribution in [0.25, 0.3) is 17.4 Å². The summed E-state index contributed by atoms with van der Waals surface area (Å²) in [7, 11) is 1.41. The predicted octanol–water partition coefficient (Wildman–Crippen LogP) is 4.07. The zero-order chi connectivity index (χ0) is 31.5. The average Bonchev–Trinajstić information content (AvgIpc) is 3.59. The van der Waals surface area contributed by atoms with Crippen molar-refractivity contribution >= 4 is 35.0 Å². The smallest absolute Gasteiger partial charge is 0.338 e. The number of nitro benzene ring substituents is 1. The molecule has 12 nitrogen and oxygen atoms in total. The van der Waals surface area contributed by atoms with Crippen LogP contribution < -0.4 is 24.4 Å². The normalized spacial score (nSPS) is 14.4. The van der Waals surface area contributed by atoms with Crippen LogP contribution in [0.15, 0.2) is 92.7 Å². The number of thiazole rings is 1. The topological polar surface area (TPSA) is 152 Å². The number of hydrogen-bond acceptors (Lipinski definition) is 11. The van der Waals surface area contributed by atoms with Gasteiger partial charge in [0, 0.05) is 30.7 Å². The summed E-state index contributed by atoms with van der Waals surface area (Å²) >= 11 is 1.10. The Bertz CT molecular complexity index is 2030. The number of benzene rings is 2. The third kappa shape index (κ3) is 5.85. The van der Waals surface area contributed by atoms with Crippen molar-refractivity contribution in [2.24, 2.45) is 4.99 Å². The lowest BCUT2D eigenvalue weighted by atomic mass is 9.95. The first kappa shape index (κ1) is 29.9. The van der Waals surface area contributed by atoms with E-state index in [1.165, 1.54) is 42.9 Å². The van der Waals surface area contributed by atoms with E-state index in [-0.39, 0.29) is 33.9 Å². The molecule has 44 heavy (non-hydrogen) atoms. The van der Waals surface area contributed by atoms with E-state index in [1.807, 2.05) is 0 Å². The molecular formula is C31H25N3O9S. The SMILES string of the molecule is C=CCOC(=O)C1=C(C)N=c2s/c(=C\c3ccc(-c4cccc([N+](=O)[O-])c4)o3)c(=O)n2C1c1ccc(OC(C)=O)c(OC)c1. The molecule has 0 bridgehead atoms. The van der Waals surface area contributed by atoms with Gasteiger partial charge in [-0.25, -0.2) is 9.79 Å². The van der Waals surface area contributed by atoms with E-state index < -0.39 is 28.5 Å². The first-order valence-corrected chi connectivity index (χ1v) is 13.9. The van der Waals surface area contributed by atoms with Gasteiger partial charge >= 0.3 is 11.9 Å². The second-order valence-electron chi connectivity index (χ2n) is 9.48. The number of nitro groups is 1. The zero-order valence-corrected chi connectivity index (χ0v) is 24.6. The van der Waals surface area contributed by atoms with Crippen molar-refractivity contribution in [2.45, 2.75) is 19.9 Å². The second kappa shape index (κ2) is 12.4. The van der Waals surface area contributed by atoms with Crippen LogP contribution in [0.3, 0.4) is 0 Å². The Hall–Kier alpha value is -5.56. The van der Waals surface area contributed by atoms with Crippen LogP contribution in [0.1, 0.15) is 31.2 Å². The number of furan rings is 1. The molecule has 0 saturated carbocycles. The molecule has 0 fully saturated rings. The second-order valence-corrected chi connectivity index (χ2v) is 10.5. The molecule has 1 aliphatic heterocycles. The Kier molecular flexibility index (Phi) is 8.40. The molecule has 0 N–H and O–H groups in total. The monoisotopic (exact) mass is 615 g/mol. The zero-order valence-electron chi connectivity index (χ0n) is 23.8. The van der Waals surface area contributed by atoms with Crippen molar-refractivity contribution in [3.05, 3.63) is 120 Å². The van der Waals surface area contributed by atoms with Crippen molar-refractivity contribution in [1.82, 2.24) is 4.57 Å². The summed E-state index contributed by atoms with van der Waals surface area (Å²) in [5, 5.41) is 11.2. The van der Waals surface area contributed by atoms with Gasteiger partial charge in [0.25, 0.3) is 11.2 Å². The Morgan fingerprint density at radius 3 is 2.68 bits per heavy atom. The first-order valence-electron chi connectivity index (χ1n) is 13.1. The van der Waals surface area contributed by atoms with Crippen molar-refractivity contribution in [2.75, 3.05) is 13.7 Å². The number of methoxy groups -OCH3 is 1. The number of hydrogen-bond donors (Lipinski definition) is 0. The summed E-state index contributed by atoms with van der Waals surface area (Å²) in [6, 6.07) is 13.1. The van der Waals surface area contributed by atoms with Gasteiger partial charge in [-0.1, -0.05) is 42.2 Å². The van der Waals surface area contributed by atoms with Crippen LogP contribution in [0.5, 0.6) is 11.5 Å². The minimum Gasteiger partial charge on any atom is -0.493 e. The minimum atomic E-state index is -0.956. The van der Waals surface area contributed by atoms with Gasteiger partial charge in [0.05, 0.1) is 33.9 Å². The lowest BCUT2D eigenvalue weighted by molar-refractivity contribution is -0.384. The van der Waals surface area contributed by atoms with Crippen LogP contribution >= 0.6 is 11.3 Å². The molecule has 2 aromatic carbocycles. The molecule has 13 heteroatoms. The summed E-state index contributed by atoms with van der Waals surface area (Å²) in [5.74, 6) is -0.112. The molecular weight excluding hydrogens is 590 g/mol. The van der Waals surface area contributed by atoms with Crippen molar-refractivity contribution < 1.29 is 33.1 Å². The number of carbonyl (C=O) groups is 2. The van der Waals surface area contributed by atoms with Gasteiger partial charge in [0.1, 0.15) is 18.1 Å². The molecule has 1 aliphatic rings. The van der Waals surface area contributed by atoms with Gasteiger partial charge in [-0.3, -0.25) is 24.3 Å². The summed E-state index contributed by atoms with van der Waals surface area (Å²) < 4.78 is 23.6. The van der Waals surface area contributed by atoms with Crippen LogP contribution in [0.2, 0.25) is 0 Å². The van der Waals surface area contributed by atoms with E-state index in [1.54, 1.807) is 49.4 Å². The standard InChI is InChI=1S/C31H25N3O9S/c1-5-13-41-30(37)27-17(2)32-31-33(28(27)20-9-11-24(42-18(3)35)25(15-20)40-4)29(36)26(44-31)16-22-10-12-23(43-22)19-7-6-8-21(14-19)34(38)39/h5-12,14-16,28H,1,13H2,2-4H3/b26-16-. The molecule has 1 atom stereocenters. The maximum atomic E-state index is 13.9. The predicted molar refractivity (Wildman–Crippen MR) is 160 cm³/mol. The molecule has 0 spiro atoms. The summed E-state index contributed by atoms with van der Waals surface area (Å²) in [6.07, 6.45) is 2.97. The number of nitrogens with zero attached hydrogens (tertiary/aromatic N) is 3. The largest absolute Gasteiger partial charge is 0.493 e. The van der Waals surface area contributed by atoms with Crippen molar-refractivity contribution in [3.8, 4) is 22.8 Å². The maximum absolute atomic E-state index is 13.9. The molecule has 1 unspecified atom stereocenters. The number of esters is 2. The molecule has 0 saturated heterocycles. The molecule has 224 valence electrons. The van der Waals surface area contributed by atoms with Crippen LogP contribution in [-0.2, 0) is 14.3 Å². The molecule has 0 aliphatic carbocycles. The highest BCUT2D eigenvalue weighted by Gasteiger charge is 2.34. The Morgan fingerprint density at radius 1 is 1.18 bits per heavy atom. The number of aromatic nitrogens is 1. The highest BCUT2D eigenvalue weighted by atomic mass is 32.1. The third-order valence-electron chi connectivity index (χ3n) is 6.57. The van der Waals surface area contributed by atoms with E-state index in [9.17, 15) is 24.5 Å². The van der Waals surface area contributed by atoms with Crippen molar-refractivity contribution in [1.29, 1.82) is 0 Å². The van der Waals surface area contributed by atoms with Gasteiger partial charge in [0.2, 0.25) is 0 Å². The van der Waals surface area contributed by atoms with Crippen LogP contribution in [0.4, 0.5) is 5.69 Å². The summed E-state index contributed by atoms with van der Waals surface area (Å²) in [5.41, 5.74) is 0.950. The number of ether oxygens (including phenoxy) is 3. The van der Waals surface area contributed by atoms with Crippen molar-refractivity contribution in [3.63, 3.8) is 0 Å². The van der Waals surface area contributed by atoms with E-state index in [0.29, 0.717) is 33.1 Å². The summed E-state index contributed by atoms with van der Waals surface area (Å²) in [6.45, 7) is 6.45. The maximum Gasteiger partial charge on any atom is 0.338 e. The molecule has 3 heterocycles. The Morgan fingerprint density at radius 2 is 1.98 bits per heavy atom. The highest BCUT2D eigenvalue weighted by Crippen LogP contribution is 2.36. The number of allylic oxidation sites excluding steroid dienone is 1. The summed E-state index contributed by atoms with van der Waals surface area (Å²) in [4.78, 5) is 54.4. The Labute approximate surface area is 253 Å². The quantitative estimate of drug-likeness (QED) is 0.0892. The van der Waals surface area contributed by atoms with E-state index in [4.69, 9.17) is 18.6 Å². The lowest BCUT2D eigenvalue weighted by Gasteiger charge is -2.25. The fraction of sp³-hybridized carbons (Fsp3) is 0.161. The van der Waals surface area contributed by atoms with Gasteiger partial charge in [-0.05, 0) is 36.8 Å². The van der Waals surface area contributed by atoms with Gasteiger partial charge < -0.3 is 18.6 Å². The molecule has 0 amide bonds. The average molecular weight is 616 g/mol. The van der Waals surface area contributed by atoms with E-state index in [2.05, 4.69) is 11.6 Å². The van der Waals surface area contributed by atoms with Gasteiger partial charge in [-0.2, -0.15) is 0 Å². The third-order valence-corrected chi connectivity index (χ3v) is 7.56. The molecule has 5 rings (SSSR count). The lowest BCUT2D eigenvalue weighted by Crippen LogP contribution is -2.40. The van der Waals surface area contributed by atoms with E-state index in [0.717, 1.165) is 11.3 Å². The molecule has 2 aromatic heterocycles. The molecule has 4 aromatic rings. The van der Waals surface area contributed by atoms with Gasteiger partial charge in [-0.15, -0.1) is 0 Å². The fourth-order valence-electron chi connectivity index (χ4n) is 4.69. The first-order chi connectivity index (χ1) is 21.1. The Balaban J connectivity index is 1.63.